The van der Waals surface area contributed by atoms with Crippen LogP contribution in [-0.4, -0.2) is 38.9 Å². The molecule has 0 saturated heterocycles. The Balaban J connectivity index is 1.43. The molecule has 0 radical (unpaired) electrons. The van der Waals surface area contributed by atoms with Gasteiger partial charge in [-0.15, -0.1) is 10.2 Å². The lowest BCUT2D eigenvalue weighted by Gasteiger charge is -2.38. The highest BCUT2D eigenvalue weighted by Crippen LogP contribution is 2.39. The molecule has 8 nitrogen and oxygen atoms in total. The molecule has 4 rings (SSSR count). The number of rotatable bonds is 9. The van der Waals surface area contributed by atoms with Gasteiger partial charge in [-0.1, -0.05) is 31.6 Å². The average Bonchev–Trinajstić information content (AvgIpc) is 3.30. The summed E-state index contributed by atoms with van der Waals surface area (Å²) in [5, 5.41) is 27.7. The maximum absolute atomic E-state index is 11.1. The maximum Gasteiger partial charge on any atom is 0.247 e. The van der Waals surface area contributed by atoms with Crippen molar-refractivity contribution >= 4 is 5.69 Å². The fourth-order valence-corrected chi connectivity index (χ4v) is 5.13. The highest BCUT2D eigenvalue weighted by atomic mass is 16.8. The van der Waals surface area contributed by atoms with Gasteiger partial charge in [-0.05, 0) is 67.8 Å². The van der Waals surface area contributed by atoms with Gasteiger partial charge in [-0.3, -0.25) is 4.98 Å². The number of nitrogens with one attached hydrogen (secondary N) is 1. The van der Waals surface area contributed by atoms with Crippen LogP contribution in [0.5, 0.6) is 0 Å². The first kappa shape index (κ1) is 25.2. The minimum absolute atomic E-state index is 0.233. The number of pyridine rings is 1. The van der Waals surface area contributed by atoms with Crippen molar-refractivity contribution in [2.45, 2.75) is 40.2 Å². The average molecular weight is 478 g/mol. The molecular formula is C27H35N5O3. The molecule has 3 aromatic rings. The van der Waals surface area contributed by atoms with Crippen LogP contribution in [-0.2, 0) is 13.0 Å². The second-order valence-corrected chi connectivity index (χ2v) is 10.1. The molecule has 1 aromatic carbocycles. The number of nitrogens with zero attached hydrogens (tertiary/aromatic N) is 4. The summed E-state index contributed by atoms with van der Waals surface area (Å²) >= 11 is 0. The molecule has 186 valence electrons. The van der Waals surface area contributed by atoms with Crippen LogP contribution >= 0.6 is 0 Å². The summed E-state index contributed by atoms with van der Waals surface area (Å²) in [4.78, 5) is 6.63. The lowest BCUT2D eigenvalue weighted by molar-refractivity contribution is -0.991. The topological polar surface area (TPSA) is 103 Å². The predicted octanol–water partition coefficient (Wildman–Crippen LogP) is 4.06. The second kappa shape index (κ2) is 11.2. The Labute approximate surface area is 206 Å². The quantitative estimate of drug-likeness (QED) is 0.354. The normalized spacial score (nSPS) is 21.4. The molecule has 1 unspecified atom stereocenters. The van der Waals surface area contributed by atoms with Gasteiger partial charge in [0.1, 0.15) is 0 Å². The molecule has 35 heavy (non-hydrogen) atoms. The second-order valence-electron chi connectivity index (χ2n) is 10.1. The summed E-state index contributed by atoms with van der Waals surface area (Å²) in [6.07, 6.45) is 8.02. The van der Waals surface area contributed by atoms with E-state index in [2.05, 4.69) is 60.0 Å². The number of hydrogen-bond donors (Lipinski definition) is 2. The lowest BCUT2D eigenvalue weighted by atomic mass is 9.69. The van der Waals surface area contributed by atoms with Gasteiger partial charge in [0, 0.05) is 49.6 Å². The van der Waals surface area contributed by atoms with E-state index in [4.69, 9.17) is 9.62 Å². The van der Waals surface area contributed by atoms with E-state index < -0.39 is 5.23 Å². The van der Waals surface area contributed by atoms with Gasteiger partial charge in [-0.25, -0.2) is 5.21 Å². The van der Waals surface area contributed by atoms with E-state index in [-0.39, 0.29) is 5.69 Å². The highest BCUT2D eigenvalue weighted by molar-refractivity contribution is 5.55. The standard InChI is InChI=1S/C27H35N5O3/c1-18(2)25-13-22(19(3)12-23(25)17-31(4)16-20-6-5-11-28-15-20)14-26-29-30-27(35-26)21-7-9-24(10-8-21)32(33)34/h5-12,15,18,22-23,25,32-33H,13-14,16-17H2,1-4H3/t22-,23-,25-/m0/s1. The van der Waals surface area contributed by atoms with Crippen molar-refractivity contribution in [3.63, 3.8) is 0 Å². The van der Waals surface area contributed by atoms with Crippen LogP contribution in [0.4, 0.5) is 5.69 Å². The van der Waals surface area contributed by atoms with Crippen molar-refractivity contribution in [3.05, 3.63) is 77.1 Å². The Morgan fingerprint density at radius 2 is 1.97 bits per heavy atom. The van der Waals surface area contributed by atoms with Crippen molar-refractivity contribution < 1.29 is 14.9 Å². The van der Waals surface area contributed by atoms with Crippen molar-refractivity contribution in [3.8, 4) is 11.5 Å². The zero-order chi connectivity index (χ0) is 24.9. The van der Waals surface area contributed by atoms with Crippen LogP contribution in [0.15, 0.2) is 64.9 Å². The van der Waals surface area contributed by atoms with Crippen molar-refractivity contribution in [2.24, 2.45) is 23.7 Å². The minimum atomic E-state index is -0.955. The molecule has 4 atom stereocenters. The molecule has 0 bridgehead atoms. The fourth-order valence-electron chi connectivity index (χ4n) is 5.13. The zero-order valence-corrected chi connectivity index (χ0v) is 20.9. The van der Waals surface area contributed by atoms with Crippen LogP contribution < -0.4 is 5.23 Å². The summed E-state index contributed by atoms with van der Waals surface area (Å²) in [5.41, 5.74) is 3.57. The van der Waals surface area contributed by atoms with Gasteiger partial charge in [0.05, 0.1) is 0 Å². The maximum atomic E-state index is 11.1. The van der Waals surface area contributed by atoms with E-state index in [1.165, 1.54) is 11.1 Å². The van der Waals surface area contributed by atoms with Crippen LogP contribution in [0.2, 0.25) is 0 Å². The van der Waals surface area contributed by atoms with E-state index in [1.807, 2.05) is 18.5 Å². The van der Waals surface area contributed by atoms with E-state index in [0.717, 1.165) is 25.1 Å². The van der Waals surface area contributed by atoms with E-state index >= 15 is 0 Å². The molecule has 0 aliphatic heterocycles. The van der Waals surface area contributed by atoms with Gasteiger partial charge < -0.3 is 14.5 Å². The van der Waals surface area contributed by atoms with Gasteiger partial charge in [-0.2, -0.15) is 5.23 Å². The first-order valence-electron chi connectivity index (χ1n) is 12.2. The number of hydrogen-bond acceptors (Lipinski definition) is 7. The monoisotopic (exact) mass is 477 g/mol. The summed E-state index contributed by atoms with van der Waals surface area (Å²) in [6, 6.07) is 10.6. The summed E-state index contributed by atoms with van der Waals surface area (Å²) in [5.74, 6) is 3.05. The smallest absolute Gasteiger partial charge is 0.247 e. The Morgan fingerprint density at radius 1 is 1.20 bits per heavy atom. The van der Waals surface area contributed by atoms with Crippen molar-refractivity contribution in [1.82, 2.24) is 20.1 Å². The SMILES string of the molecule is CC1=C[C@@H](CN(C)Cc2cccnc2)[C@H](C(C)C)C[C@H]1Cc1nnc(-c2ccc([NH+]([O-])O)cc2)o1. The van der Waals surface area contributed by atoms with Gasteiger partial charge in [0.25, 0.3) is 0 Å². The molecule has 0 amide bonds. The van der Waals surface area contributed by atoms with E-state index in [0.29, 0.717) is 41.9 Å². The molecule has 0 spiro atoms. The van der Waals surface area contributed by atoms with Crippen LogP contribution in [0.3, 0.4) is 0 Å². The third kappa shape index (κ3) is 6.41. The Kier molecular flexibility index (Phi) is 8.07. The molecular weight excluding hydrogens is 442 g/mol. The number of allylic oxidation sites excluding steroid dienone is 1. The summed E-state index contributed by atoms with van der Waals surface area (Å²) in [6.45, 7) is 8.76. The molecule has 2 N–H and O–H groups in total. The van der Waals surface area contributed by atoms with Crippen molar-refractivity contribution in [1.29, 1.82) is 0 Å². The summed E-state index contributed by atoms with van der Waals surface area (Å²) < 4.78 is 5.96. The van der Waals surface area contributed by atoms with Crippen LogP contribution in [0, 0.1) is 28.9 Å². The third-order valence-electron chi connectivity index (χ3n) is 7.05. The Bertz CT molecular complexity index is 1110. The first-order valence-corrected chi connectivity index (χ1v) is 12.2. The molecule has 0 saturated carbocycles. The molecule has 8 heteroatoms. The fraction of sp³-hybridized carbons (Fsp3) is 0.444. The zero-order valence-electron chi connectivity index (χ0n) is 20.9. The number of benzene rings is 1. The number of quaternary nitrogens is 1. The largest absolute Gasteiger partial charge is 0.595 e. The minimum Gasteiger partial charge on any atom is -0.595 e. The molecule has 1 aliphatic rings. The lowest BCUT2D eigenvalue weighted by Crippen LogP contribution is -2.99. The molecule has 2 heterocycles. The van der Waals surface area contributed by atoms with Crippen LogP contribution in [0.25, 0.3) is 11.5 Å². The molecule has 0 fully saturated rings. The van der Waals surface area contributed by atoms with Gasteiger partial charge in [0.2, 0.25) is 11.8 Å². The Hall–Kier alpha value is -2.91. The summed E-state index contributed by atoms with van der Waals surface area (Å²) in [7, 11) is 2.18. The first-order chi connectivity index (χ1) is 16.8. The van der Waals surface area contributed by atoms with Crippen molar-refractivity contribution in [2.75, 3.05) is 13.6 Å². The van der Waals surface area contributed by atoms with E-state index in [9.17, 15) is 5.21 Å². The van der Waals surface area contributed by atoms with E-state index in [1.54, 1.807) is 24.3 Å². The predicted molar refractivity (Wildman–Crippen MR) is 133 cm³/mol. The third-order valence-corrected chi connectivity index (χ3v) is 7.05. The highest BCUT2D eigenvalue weighted by Gasteiger charge is 2.33. The van der Waals surface area contributed by atoms with Gasteiger partial charge >= 0.3 is 0 Å². The van der Waals surface area contributed by atoms with Gasteiger partial charge in [0.15, 0.2) is 5.69 Å². The molecule has 1 aliphatic carbocycles. The Morgan fingerprint density at radius 3 is 2.63 bits per heavy atom. The molecule has 2 aromatic heterocycles. The number of aromatic nitrogens is 3. The van der Waals surface area contributed by atoms with Crippen LogP contribution in [0.1, 0.15) is 38.6 Å².